The van der Waals surface area contributed by atoms with Gasteiger partial charge in [-0.15, -0.1) is 0 Å². The second-order valence-corrected chi connectivity index (χ2v) is 19.2. The quantitative estimate of drug-likeness (QED) is 0.319. The minimum atomic E-state index is -4.12. The van der Waals surface area contributed by atoms with E-state index in [-0.39, 0.29) is 16.7 Å². The van der Waals surface area contributed by atoms with Crippen LogP contribution >= 0.6 is 11.6 Å². The Labute approximate surface area is 240 Å². The van der Waals surface area contributed by atoms with Crippen LogP contribution in [0, 0.1) is 18.8 Å². The lowest BCUT2D eigenvalue weighted by Crippen LogP contribution is -2.62. The van der Waals surface area contributed by atoms with Crippen LogP contribution in [0.2, 0.25) is 24.7 Å². The molecule has 1 amide bonds. The van der Waals surface area contributed by atoms with Crippen LogP contribution in [0.15, 0.2) is 47.4 Å². The number of nitrogens with one attached hydrogen (secondary N) is 1. The second-order valence-electron chi connectivity index (χ2n) is 12.5. The molecule has 0 aromatic heterocycles. The van der Waals surface area contributed by atoms with E-state index in [1.165, 1.54) is 4.31 Å². The molecule has 0 spiro atoms. The Morgan fingerprint density at radius 1 is 1.10 bits per heavy atom. The summed E-state index contributed by atoms with van der Waals surface area (Å²) >= 11 is 6.59. The Kier molecular flexibility index (Phi) is 8.91. The molecule has 214 valence electrons. The number of nitrogens with zero attached hydrogens (tertiary/aromatic N) is 1. The first kappa shape index (κ1) is 30.1. The summed E-state index contributed by atoms with van der Waals surface area (Å²) in [5.74, 6) is 0.0651. The molecular weight excluding hydrogens is 548 g/mol. The van der Waals surface area contributed by atoms with Crippen LogP contribution in [-0.4, -0.2) is 35.2 Å². The number of amides is 1. The first-order valence-electron chi connectivity index (χ1n) is 14.2. The maximum Gasteiger partial charge on any atom is 0.265 e. The number of rotatable bonds is 9. The Morgan fingerprint density at radius 3 is 2.33 bits per heavy atom. The fourth-order valence-corrected chi connectivity index (χ4v) is 9.35. The van der Waals surface area contributed by atoms with Crippen molar-refractivity contribution < 1.29 is 17.6 Å². The molecule has 2 atom stereocenters. The van der Waals surface area contributed by atoms with Crippen molar-refractivity contribution in [1.29, 1.82) is 0 Å². The minimum Gasteiger partial charge on any atom is -0.405 e. The normalized spacial score (nSPS) is 22.3. The Morgan fingerprint density at radius 2 is 1.74 bits per heavy atom. The van der Waals surface area contributed by atoms with Gasteiger partial charge in [-0.2, -0.15) is 0 Å². The van der Waals surface area contributed by atoms with Gasteiger partial charge in [0.15, 0.2) is 14.4 Å². The van der Waals surface area contributed by atoms with Gasteiger partial charge in [-0.3, -0.25) is 9.10 Å². The average Bonchev–Trinajstić information content (AvgIpc) is 3.14. The van der Waals surface area contributed by atoms with E-state index < -0.39 is 30.0 Å². The SMILES string of the molecule is Cc1ccc(S(=O)(=O)N2c3ccc(Cl)cc3C(O[Si](C)(C)C)(C3CCCCC3)C2C(=O)NCCC(C)C)cc1. The summed E-state index contributed by atoms with van der Waals surface area (Å²) in [6, 6.07) is 11.0. The van der Waals surface area contributed by atoms with Crippen molar-refractivity contribution in [3.8, 4) is 0 Å². The van der Waals surface area contributed by atoms with Gasteiger partial charge in [0.05, 0.1) is 10.6 Å². The van der Waals surface area contributed by atoms with Crippen molar-refractivity contribution in [2.75, 3.05) is 10.8 Å². The average molecular weight is 591 g/mol. The molecule has 1 heterocycles. The van der Waals surface area contributed by atoms with E-state index in [0.29, 0.717) is 28.7 Å². The van der Waals surface area contributed by atoms with Crippen LogP contribution in [0.1, 0.15) is 63.5 Å². The summed E-state index contributed by atoms with van der Waals surface area (Å²) in [6.45, 7) is 12.9. The summed E-state index contributed by atoms with van der Waals surface area (Å²) in [5, 5.41) is 3.61. The smallest absolute Gasteiger partial charge is 0.265 e. The van der Waals surface area contributed by atoms with Gasteiger partial charge in [-0.25, -0.2) is 8.42 Å². The van der Waals surface area contributed by atoms with Gasteiger partial charge in [0.2, 0.25) is 5.91 Å². The van der Waals surface area contributed by atoms with Gasteiger partial charge >= 0.3 is 0 Å². The number of anilines is 1. The molecule has 2 aliphatic rings. The van der Waals surface area contributed by atoms with E-state index >= 15 is 0 Å². The lowest BCUT2D eigenvalue weighted by Gasteiger charge is -2.47. The monoisotopic (exact) mass is 590 g/mol. The molecule has 1 N–H and O–H groups in total. The number of hydrogen-bond donors (Lipinski definition) is 1. The molecule has 2 unspecified atom stereocenters. The molecule has 6 nitrogen and oxygen atoms in total. The van der Waals surface area contributed by atoms with E-state index in [4.69, 9.17) is 16.0 Å². The number of aryl methyl sites for hydroxylation is 1. The molecule has 4 rings (SSSR count). The van der Waals surface area contributed by atoms with E-state index in [0.717, 1.165) is 44.1 Å². The topological polar surface area (TPSA) is 75.7 Å². The van der Waals surface area contributed by atoms with Crippen LogP contribution in [0.25, 0.3) is 0 Å². The van der Waals surface area contributed by atoms with Crippen molar-refractivity contribution in [1.82, 2.24) is 5.32 Å². The highest BCUT2D eigenvalue weighted by atomic mass is 35.5. The molecule has 1 aliphatic carbocycles. The summed E-state index contributed by atoms with van der Waals surface area (Å²) in [7, 11) is -6.44. The highest BCUT2D eigenvalue weighted by Crippen LogP contribution is 2.57. The zero-order valence-electron chi connectivity index (χ0n) is 24.1. The third-order valence-electron chi connectivity index (χ3n) is 7.79. The first-order chi connectivity index (χ1) is 18.3. The van der Waals surface area contributed by atoms with Gasteiger partial charge < -0.3 is 9.74 Å². The number of benzene rings is 2. The Balaban J connectivity index is 1.99. The van der Waals surface area contributed by atoms with Crippen molar-refractivity contribution >= 4 is 41.5 Å². The van der Waals surface area contributed by atoms with E-state index in [1.807, 2.05) is 13.0 Å². The van der Waals surface area contributed by atoms with Crippen molar-refractivity contribution in [3.63, 3.8) is 0 Å². The molecule has 0 bridgehead atoms. The van der Waals surface area contributed by atoms with Crippen molar-refractivity contribution in [3.05, 3.63) is 58.6 Å². The standard InChI is InChI=1S/C30H43ClN2O4SSi/c1-21(2)18-19-32-29(34)28-30(37-39(4,5)6,23-10-8-7-9-11-23)26-20-24(31)14-17-27(26)33(28)38(35,36)25-15-12-22(3)13-16-25/h12-17,20-21,23,28H,7-11,18-19H2,1-6H3,(H,32,34). The molecule has 2 aromatic rings. The molecule has 0 radical (unpaired) electrons. The van der Waals surface area contributed by atoms with Gasteiger partial charge in [0.25, 0.3) is 10.0 Å². The molecule has 1 aliphatic heterocycles. The largest absolute Gasteiger partial charge is 0.405 e. The zero-order valence-corrected chi connectivity index (χ0v) is 26.7. The number of hydrogen-bond acceptors (Lipinski definition) is 4. The Hall–Kier alpha value is -1.87. The highest BCUT2D eigenvalue weighted by molar-refractivity contribution is 7.93. The number of sulfonamides is 1. The number of carbonyl (C=O) groups excluding carboxylic acids is 1. The van der Waals surface area contributed by atoms with Crippen LogP contribution in [-0.2, 0) is 24.8 Å². The van der Waals surface area contributed by atoms with Gasteiger partial charge in [0, 0.05) is 17.1 Å². The van der Waals surface area contributed by atoms with Gasteiger partial charge in [0.1, 0.15) is 5.60 Å². The number of halogens is 1. The number of fused-ring (bicyclic) bond motifs is 1. The molecule has 2 aromatic carbocycles. The third-order valence-corrected chi connectivity index (χ3v) is 10.8. The molecule has 39 heavy (non-hydrogen) atoms. The van der Waals surface area contributed by atoms with Gasteiger partial charge in [-0.05, 0) is 88.0 Å². The predicted molar refractivity (Wildman–Crippen MR) is 161 cm³/mol. The molecular formula is C30H43ClN2O4SSi. The van der Waals surface area contributed by atoms with Crippen LogP contribution in [0.4, 0.5) is 5.69 Å². The van der Waals surface area contributed by atoms with Crippen molar-refractivity contribution in [2.45, 2.75) is 95.5 Å². The summed E-state index contributed by atoms with van der Waals surface area (Å²) < 4.78 is 37.5. The van der Waals surface area contributed by atoms with Crippen LogP contribution in [0.3, 0.4) is 0 Å². The summed E-state index contributed by atoms with van der Waals surface area (Å²) in [6.07, 6.45) is 5.69. The Bertz CT molecular complexity index is 1290. The maximum absolute atomic E-state index is 14.5. The predicted octanol–water partition coefficient (Wildman–Crippen LogP) is 7.02. The molecule has 1 saturated carbocycles. The molecule has 9 heteroatoms. The lowest BCUT2D eigenvalue weighted by molar-refractivity contribution is -0.131. The maximum atomic E-state index is 14.5. The van der Waals surface area contributed by atoms with E-state index in [2.05, 4.69) is 38.8 Å². The van der Waals surface area contributed by atoms with Crippen LogP contribution in [0.5, 0.6) is 0 Å². The van der Waals surface area contributed by atoms with E-state index in [1.54, 1.807) is 36.4 Å². The molecule has 1 fully saturated rings. The summed E-state index contributed by atoms with van der Waals surface area (Å²) in [4.78, 5) is 14.5. The molecule has 0 saturated heterocycles. The highest BCUT2D eigenvalue weighted by Gasteiger charge is 2.63. The van der Waals surface area contributed by atoms with Gasteiger partial charge in [-0.1, -0.05) is 62.4 Å². The second kappa shape index (κ2) is 11.5. The first-order valence-corrected chi connectivity index (χ1v) is 19.4. The minimum absolute atomic E-state index is 0.0192. The van der Waals surface area contributed by atoms with E-state index in [9.17, 15) is 13.2 Å². The lowest BCUT2D eigenvalue weighted by atomic mass is 9.71. The van der Waals surface area contributed by atoms with Crippen molar-refractivity contribution in [2.24, 2.45) is 11.8 Å². The summed E-state index contributed by atoms with van der Waals surface area (Å²) in [5.41, 5.74) is 1.02. The number of carbonyl (C=O) groups is 1. The third kappa shape index (κ3) is 6.09. The fraction of sp³-hybridized carbons (Fsp3) is 0.567. The zero-order chi connectivity index (χ0) is 28.6. The van der Waals surface area contributed by atoms with Crippen LogP contribution < -0.4 is 9.62 Å². The fourth-order valence-electron chi connectivity index (χ4n) is 6.12.